The Labute approximate surface area is 194 Å². The monoisotopic (exact) mass is 454 g/mol. The van der Waals surface area contributed by atoms with Crippen molar-refractivity contribution in [1.29, 1.82) is 0 Å². The summed E-state index contributed by atoms with van der Waals surface area (Å²) in [6, 6.07) is 18.6. The molecule has 6 rings (SSSR count). The number of rotatable bonds is 2. The molecule has 1 aliphatic heterocycles. The number of allylic oxidation sites excluding steroid dienone is 1. The number of nitrogens with one attached hydrogen (secondary N) is 2. The van der Waals surface area contributed by atoms with Gasteiger partial charge in [0.15, 0.2) is 11.2 Å². The lowest BCUT2D eigenvalue weighted by Gasteiger charge is -2.28. The summed E-state index contributed by atoms with van der Waals surface area (Å²) in [4.78, 5) is 27.7. The second-order valence-corrected chi connectivity index (χ2v) is 9.68. The Balaban J connectivity index is 1.52. The van der Waals surface area contributed by atoms with Crippen molar-refractivity contribution in [3.8, 4) is 0 Å². The highest BCUT2D eigenvalue weighted by atomic mass is 32.1. The highest BCUT2D eigenvalue weighted by molar-refractivity contribution is 7.10. The maximum Gasteiger partial charge on any atom is 0.193 e. The van der Waals surface area contributed by atoms with Gasteiger partial charge in [0.25, 0.3) is 0 Å². The highest BCUT2D eigenvalue weighted by Crippen LogP contribution is 2.44. The molecule has 0 radical (unpaired) electrons. The Morgan fingerprint density at radius 1 is 0.970 bits per heavy atom. The van der Waals surface area contributed by atoms with Crippen molar-refractivity contribution in [3.63, 3.8) is 0 Å². The fourth-order valence-corrected chi connectivity index (χ4v) is 5.69. The number of aryl methyl sites for hydroxylation is 1. The van der Waals surface area contributed by atoms with Crippen LogP contribution in [0.1, 0.15) is 41.0 Å². The van der Waals surface area contributed by atoms with Crippen LogP contribution in [0.4, 0.5) is 11.4 Å². The molecular weight excluding hydrogens is 432 g/mol. The third-order valence-corrected chi connectivity index (χ3v) is 7.48. The van der Waals surface area contributed by atoms with E-state index in [9.17, 15) is 9.59 Å². The van der Waals surface area contributed by atoms with E-state index < -0.39 is 6.04 Å². The van der Waals surface area contributed by atoms with Crippen LogP contribution in [-0.4, -0.2) is 5.78 Å². The Hall–Kier alpha value is -3.64. The summed E-state index contributed by atoms with van der Waals surface area (Å²) < 4.78 is 6.23. The minimum absolute atomic E-state index is 0.0686. The minimum Gasteiger partial charge on any atom is -0.458 e. The number of thiophene rings is 1. The molecule has 0 saturated carbocycles. The van der Waals surface area contributed by atoms with E-state index in [1.807, 2.05) is 55.5 Å². The lowest BCUT2D eigenvalue weighted by molar-refractivity contribution is -0.116. The van der Waals surface area contributed by atoms with Gasteiger partial charge in [0.05, 0.1) is 16.8 Å². The predicted octanol–water partition coefficient (Wildman–Crippen LogP) is 6.14. The van der Waals surface area contributed by atoms with Gasteiger partial charge in [0.2, 0.25) is 0 Å². The molecule has 33 heavy (non-hydrogen) atoms. The second-order valence-electron chi connectivity index (χ2n) is 8.70. The standard InChI is InChI=1S/C27H22N2O3S/c1-15-8-9-23-17(11-15)21(30)14-24(32-23)27-26-20(28-18-5-2-3-6-19(18)29-27)12-16(13-22(26)31)25-7-4-10-33-25/h2-11,14,16,27-29H,12-13H2,1H3. The summed E-state index contributed by atoms with van der Waals surface area (Å²) in [5, 5.41) is 9.61. The maximum absolute atomic E-state index is 13.6. The maximum atomic E-state index is 13.6. The Morgan fingerprint density at radius 2 is 1.82 bits per heavy atom. The van der Waals surface area contributed by atoms with Crippen LogP contribution in [0.25, 0.3) is 11.0 Å². The number of fused-ring (bicyclic) bond motifs is 2. The molecule has 4 aromatic rings. The van der Waals surface area contributed by atoms with Crippen molar-refractivity contribution in [2.24, 2.45) is 0 Å². The zero-order valence-electron chi connectivity index (χ0n) is 18.1. The number of hydrogen-bond donors (Lipinski definition) is 2. The zero-order chi connectivity index (χ0) is 22.5. The fraction of sp³-hybridized carbons (Fsp3) is 0.185. The van der Waals surface area contributed by atoms with Gasteiger partial charge >= 0.3 is 0 Å². The van der Waals surface area contributed by atoms with Crippen molar-refractivity contribution in [3.05, 3.63) is 104 Å². The van der Waals surface area contributed by atoms with E-state index in [-0.39, 0.29) is 17.1 Å². The van der Waals surface area contributed by atoms with E-state index in [0.29, 0.717) is 28.7 Å². The van der Waals surface area contributed by atoms with Gasteiger partial charge in [-0.15, -0.1) is 11.3 Å². The Kier molecular flexibility index (Phi) is 4.69. The first-order chi connectivity index (χ1) is 16.1. The Morgan fingerprint density at radius 3 is 2.64 bits per heavy atom. The zero-order valence-corrected chi connectivity index (χ0v) is 18.9. The predicted molar refractivity (Wildman–Crippen MR) is 132 cm³/mol. The summed E-state index contributed by atoms with van der Waals surface area (Å²) >= 11 is 1.69. The molecule has 2 aromatic carbocycles. The van der Waals surface area contributed by atoms with Crippen LogP contribution in [-0.2, 0) is 4.79 Å². The van der Waals surface area contributed by atoms with Gasteiger partial charge < -0.3 is 15.1 Å². The molecule has 164 valence electrons. The molecule has 5 nitrogen and oxygen atoms in total. The molecule has 2 aromatic heterocycles. The van der Waals surface area contributed by atoms with E-state index in [4.69, 9.17) is 4.42 Å². The number of benzene rings is 2. The van der Waals surface area contributed by atoms with E-state index in [1.165, 1.54) is 10.9 Å². The van der Waals surface area contributed by atoms with Crippen molar-refractivity contribution in [2.75, 3.05) is 10.6 Å². The molecule has 2 unspecified atom stereocenters. The lowest BCUT2D eigenvalue weighted by atomic mass is 9.82. The molecule has 0 bridgehead atoms. The average Bonchev–Trinajstić information content (AvgIpc) is 3.28. The average molecular weight is 455 g/mol. The normalized spacial score (nSPS) is 20.0. The minimum atomic E-state index is -0.550. The highest BCUT2D eigenvalue weighted by Gasteiger charge is 2.37. The number of anilines is 2. The number of Topliss-reactive ketones (excluding diaryl/α,β-unsaturated/α-hetero) is 1. The van der Waals surface area contributed by atoms with Crippen molar-refractivity contribution in [1.82, 2.24) is 0 Å². The van der Waals surface area contributed by atoms with E-state index >= 15 is 0 Å². The number of carbonyl (C=O) groups excluding carboxylic acids is 1. The van der Waals surface area contributed by atoms with Crippen LogP contribution < -0.4 is 16.1 Å². The second kappa shape index (κ2) is 7.74. The molecule has 0 fully saturated rings. The van der Waals surface area contributed by atoms with Gasteiger partial charge in [0, 0.05) is 34.6 Å². The third-order valence-electron chi connectivity index (χ3n) is 6.44. The molecule has 3 heterocycles. The smallest absolute Gasteiger partial charge is 0.193 e. The summed E-state index contributed by atoms with van der Waals surface area (Å²) in [5.41, 5.74) is 4.73. The number of carbonyl (C=O) groups is 1. The van der Waals surface area contributed by atoms with Gasteiger partial charge in [-0.1, -0.05) is 29.8 Å². The molecule has 1 aliphatic carbocycles. The first-order valence-corrected chi connectivity index (χ1v) is 11.9. The molecule has 6 heteroatoms. The van der Waals surface area contributed by atoms with Gasteiger partial charge in [-0.2, -0.15) is 0 Å². The van der Waals surface area contributed by atoms with Crippen LogP contribution in [0.5, 0.6) is 0 Å². The topological polar surface area (TPSA) is 71.3 Å². The van der Waals surface area contributed by atoms with Gasteiger partial charge in [-0.3, -0.25) is 9.59 Å². The van der Waals surface area contributed by atoms with Gasteiger partial charge in [-0.25, -0.2) is 0 Å². The molecule has 2 N–H and O–H groups in total. The van der Waals surface area contributed by atoms with E-state index in [2.05, 4.69) is 22.1 Å². The van der Waals surface area contributed by atoms with Crippen LogP contribution in [0.2, 0.25) is 0 Å². The summed E-state index contributed by atoms with van der Waals surface area (Å²) in [7, 11) is 0. The van der Waals surface area contributed by atoms with Gasteiger partial charge in [-0.05, 0) is 49.1 Å². The first-order valence-electron chi connectivity index (χ1n) is 11.0. The molecule has 0 amide bonds. The quantitative estimate of drug-likeness (QED) is 0.381. The molecule has 0 spiro atoms. The van der Waals surface area contributed by atoms with Crippen molar-refractivity contribution < 1.29 is 9.21 Å². The Bertz CT molecular complexity index is 1480. The van der Waals surface area contributed by atoms with Crippen molar-refractivity contribution in [2.45, 2.75) is 31.7 Å². The molecule has 2 aliphatic rings. The van der Waals surface area contributed by atoms with Gasteiger partial charge in [0.1, 0.15) is 17.4 Å². The number of para-hydroxylation sites is 2. The largest absolute Gasteiger partial charge is 0.458 e. The first kappa shape index (κ1) is 20.0. The SMILES string of the molecule is Cc1ccc2oc(C3Nc4ccccc4NC4=C3C(=O)CC(c3cccs3)C4)cc(=O)c2c1. The summed E-state index contributed by atoms with van der Waals surface area (Å²) in [6.07, 6.45) is 1.16. The summed E-state index contributed by atoms with van der Waals surface area (Å²) in [6.45, 7) is 1.95. The lowest BCUT2D eigenvalue weighted by Crippen LogP contribution is -2.27. The molecule has 0 saturated heterocycles. The number of ketones is 1. The van der Waals surface area contributed by atoms with Crippen molar-refractivity contribution >= 4 is 39.5 Å². The summed E-state index contributed by atoms with van der Waals surface area (Å²) in [5.74, 6) is 0.658. The third kappa shape index (κ3) is 3.47. The molecular formula is C27H22N2O3S. The van der Waals surface area contributed by atoms with Crippen LogP contribution in [0, 0.1) is 6.92 Å². The van der Waals surface area contributed by atoms with E-state index in [0.717, 1.165) is 29.1 Å². The van der Waals surface area contributed by atoms with Crippen LogP contribution in [0.15, 0.2) is 86.5 Å². The van der Waals surface area contributed by atoms with Crippen LogP contribution >= 0.6 is 11.3 Å². The number of hydrogen-bond acceptors (Lipinski definition) is 6. The van der Waals surface area contributed by atoms with E-state index in [1.54, 1.807) is 11.3 Å². The molecule has 2 atom stereocenters. The van der Waals surface area contributed by atoms with Crippen LogP contribution in [0.3, 0.4) is 0 Å². The fourth-order valence-electron chi connectivity index (χ4n) is 4.86.